The van der Waals surface area contributed by atoms with Crippen LogP contribution in [0.4, 0.5) is 0 Å². The van der Waals surface area contributed by atoms with Crippen LogP contribution in [0.2, 0.25) is 0 Å². The van der Waals surface area contributed by atoms with Crippen LogP contribution >= 0.6 is 0 Å². The zero-order valence-corrected chi connectivity index (χ0v) is 9.63. The number of ketones is 1. The topological polar surface area (TPSA) is 49.3 Å². The number of aliphatic hydroxyl groups is 1. The highest BCUT2D eigenvalue weighted by atomic mass is 16.3. The Balaban J connectivity index is 2.17. The summed E-state index contributed by atoms with van der Waals surface area (Å²) in [7, 11) is 0. The van der Waals surface area contributed by atoms with Crippen LogP contribution < -0.4 is 5.32 Å². The molecule has 0 unspecified atom stereocenters. The molecule has 0 heterocycles. The molecule has 2 fully saturated rings. The molecule has 0 bridgehead atoms. The molecular weight excluding hydrogens is 190 g/mol. The van der Waals surface area contributed by atoms with Crippen molar-refractivity contribution in [3.8, 4) is 0 Å². The first kappa shape index (κ1) is 10.7. The van der Waals surface area contributed by atoms with Crippen molar-refractivity contribution in [3.05, 3.63) is 11.3 Å². The SMILES string of the molecule is CC(NCCO)=C1C(=O)C[C@@H]2[C@H]1C2(C)C. The second-order valence-electron chi connectivity index (χ2n) is 5.22. The van der Waals surface area contributed by atoms with E-state index in [1.165, 1.54) is 0 Å². The highest BCUT2D eigenvalue weighted by Crippen LogP contribution is 2.68. The zero-order chi connectivity index (χ0) is 11.2. The lowest BCUT2D eigenvalue weighted by molar-refractivity contribution is -0.115. The molecule has 0 aromatic carbocycles. The van der Waals surface area contributed by atoms with E-state index in [2.05, 4.69) is 19.2 Å². The number of fused-ring (bicyclic) bond motifs is 1. The highest BCUT2D eigenvalue weighted by molar-refractivity contribution is 6.01. The van der Waals surface area contributed by atoms with E-state index in [1.807, 2.05) is 6.92 Å². The molecule has 0 aromatic rings. The normalized spacial score (nSPS) is 35.1. The minimum Gasteiger partial charge on any atom is -0.395 e. The lowest BCUT2D eigenvalue weighted by Crippen LogP contribution is -2.20. The van der Waals surface area contributed by atoms with Gasteiger partial charge in [-0.2, -0.15) is 0 Å². The maximum Gasteiger partial charge on any atom is 0.161 e. The Labute approximate surface area is 90.6 Å². The van der Waals surface area contributed by atoms with Gasteiger partial charge in [-0.1, -0.05) is 13.8 Å². The summed E-state index contributed by atoms with van der Waals surface area (Å²) in [6.07, 6.45) is 0.713. The second kappa shape index (κ2) is 3.34. The molecule has 2 N–H and O–H groups in total. The van der Waals surface area contributed by atoms with E-state index in [0.717, 1.165) is 11.3 Å². The average Bonchev–Trinajstić information content (AvgIpc) is 2.59. The predicted octanol–water partition coefficient (Wildman–Crippen LogP) is 1.09. The van der Waals surface area contributed by atoms with Crippen LogP contribution in [0, 0.1) is 17.3 Å². The van der Waals surface area contributed by atoms with E-state index in [-0.39, 0.29) is 6.61 Å². The molecule has 0 radical (unpaired) electrons. The van der Waals surface area contributed by atoms with Gasteiger partial charge in [0, 0.05) is 24.2 Å². The van der Waals surface area contributed by atoms with Gasteiger partial charge in [0.05, 0.1) is 6.61 Å². The van der Waals surface area contributed by atoms with Gasteiger partial charge in [-0.05, 0) is 24.2 Å². The number of rotatable bonds is 3. The van der Waals surface area contributed by atoms with Crippen molar-refractivity contribution in [2.45, 2.75) is 27.2 Å². The lowest BCUT2D eigenvalue weighted by atomic mass is 9.95. The van der Waals surface area contributed by atoms with Crippen LogP contribution in [0.15, 0.2) is 11.3 Å². The Morgan fingerprint density at radius 3 is 2.80 bits per heavy atom. The maximum absolute atomic E-state index is 11.7. The largest absolute Gasteiger partial charge is 0.395 e. The molecule has 3 nitrogen and oxygen atoms in total. The summed E-state index contributed by atoms with van der Waals surface area (Å²) >= 11 is 0. The number of nitrogens with one attached hydrogen (secondary N) is 1. The fourth-order valence-corrected chi connectivity index (χ4v) is 2.96. The van der Waals surface area contributed by atoms with E-state index in [9.17, 15) is 4.79 Å². The van der Waals surface area contributed by atoms with Crippen molar-refractivity contribution < 1.29 is 9.90 Å². The molecule has 2 saturated carbocycles. The van der Waals surface area contributed by atoms with E-state index < -0.39 is 0 Å². The Kier molecular flexibility index (Phi) is 2.38. The van der Waals surface area contributed by atoms with E-state index in [4.69, 9.17) is 5.11 Å². The van der Waals surface area contributed by atoms with E-state index in [1.54, 1.807) is 0 Å². The van der Waals surface area contributed by atoms with Crippen molar-refractivity contribution in [3.63, 3.8) is 0 Å². The fraction of sp³-hybridized carbons (Fsp3) is 0.750. The minimum absolute atomic E-state index is 0.107. The first-order valence-electron chi connectivity index (χ1n) is 5.59. The zero-order valence-electron chi connectivity index (χ0n) is 9.63. The van der Waals surface area contributed by atoms with Crippen LogP contribution in [0.5, 0.6) is 0 Å². The Morgan fingerprint density at radius 1 is 1.60 bits per heavy atom. The molecule has 2 aliphatic rings. The van der Waals surface area contributed by atoms with Gasteiger partial charge in [0.25, 0.3) is 0 Å². The standard InChI is InChI=1S/C12H19NO2/c1-7(13-4-5-14)10-9(15)6-8-11(10)12(8,2)3/h8,11,13-14H,4-6H2,1-3H3/t8-,11-/m1/s1. The van der Waals surface area contributed by atoms with Gasteiger partial charge < -0.3 is 10.4 Å². The lowest BCUT2D eigenvalue weighted by Gasteiger charge is -2.13. The smallest absolute Gasteiger partial charge is 0.161 e. The van der Waals surface area contributed by atoms with Gasteiger partial charge in [-0.15, -0.1) is 0 Å². The van der Waals surface area contributed by atoms with Crippen LogP contribution in [0.3, 0.4) is 0 Å². The summed E-state index contributed by atoms with van der Waals surface area (Å²) in [5.41, 5.74) is 2.26. The summed E-state index contributed by atoms with van der Waals surface area (Å²) in [6.45, 7) is 7.04. The predicted molar refractivity (Wildman–Crippen MR) is 58.2 cm³/mol. The number of hydrogen-bond donors (Lipinski definition) is 2. The number of carbonyl (C=O) groups excluding carboxylic acids is 1. The summed E-state index contributed by atoms with van der Waals surface area (Å²) in [6, 6.07) is 0. The van der Waals surface area contributed by atoms with Gasteiger partial charge in [-0.3, -0.25) is 4.79 Å². The van der Waals surface area contributed by atoms with Crippen molar-refractivity contribution in [1.29, 1.82) is 0 Å². The van der Waals surface area contributed by atoms with Crippen LogP contribution in [0.1, 0.15) is 27.2 Å². The number of hydrogen-bond acceptors (Lipinski definition) is 3. The van der Waals surface area contributed by atoms with E-state index in [0.29, 0.717) is 36.0 Å². The number of carbonyl (C=O) groups is 1. The number of allylic oxidation sites excluding steroid dienone is 2. The molecule has 0 aromatic heterocycles. The molecule has 2 aliphatic carbocycles. The fourth-order valence-electron chi connectivity index (χ4n) is 2.96. The quantitative estimate of drug-likeness (QED) is 0.684. The number of aliphatic hydroxyl groups excluding tert-OH is 1. The maximum atomic E-state index is 11.7. The third kappa shape index (κ3) is 1.49. The molecule has 0 spiro atoms. The third-order valence-electron chi connectivity index (χ3n) is 3.97. The Morgan fingerprint density at radius 2 is 2.27 bits per heavy atom. The molecule has 3 heteroatoms. The molecule has 2 rings (SSSR count). The van der Waals surface area contributed by atoms with Gasteiger partial charge in [-0.25, -0.2) is 0 Å². The summed E-state index contributed by atoms with van der Waals surface area (Å²) in [5, 5.41) is 11.8. The Hall–Kier alpha value is -0.830. The Bertz CT molecular complexity index is 331. The molecule has 0 amide bonds. The monoisotopic (exact) mass is 209 g/mol. The first-order valence-corrected chi connectivity index (χ1v) is 5.59. The summed E-state index contributed by atoms with van der Waals surface area (Å²) < 4.78 is 0. The van der Waals surface area contributed by atoms with Crippen LogP contribution in [-0.2, 0) is 4.79 Å². The minimum atomic E-state index is 0.107. The molecule has 0 aliphatic heterocycles. The van der Waals surface area contributed by atoms with Gasteiger partial charge in [0.15, 0.2) is 5.78 Å². The molecule has 15 heavy (non-hydrogen) atoms. The molecule has 84 valence electrons. The van der Waals surface area contributed by atoms with Crippen molar-refractivity contribution in [2.75, 3.05) is 13.2 Å². The third-order valence-corrected chi connectivity index (χ3v) is 3.97. The number of Topliss-reactive ketones (excluding diaryl/α,β-unsaturated/α-hetero) is 1. The highest BCUT2D eigenvalue weighted by Gasteiger charge is 2.65. The van der Waals surface area contributed by atoms with Crippen molar-refractivity contribution >= 4 is 5.78 Å². The summed E-state index contributed by atoms with van der Waals surface area (Å²) in [4.78, 5) is 11.7. The van der Waals surface area contributed by atoms with Crippen LogP contribution in [-0.4, -0.2) is 24.0 Å². The van der Waals surface area contributed by atoms with Gasteiger partial charge >= 0.3 is 0 Å². The van der Waals surface area contributed by atoms with Crippen molar-refractivity contribution in [2.24, 2.45) is 17.3 Å². The second-order valence-corrected chi connectivity index (χ2v) is 5.22. The van der Waals surface area contributed by atoms with Gasteiger partial charge in [0.1, 0.15) is 0 Å². The molecule has 0 saturated heterocycles. The molecular formula is C12H19NO2. The first-order chi connectivity index (χ1) is 7.00. The average molecular weight is 209 g/mol. The van der Waals surface area contributed by atoms with Gasteiger partial charge in [0.2, 0.25) is 0 Å². The molecule has 2 atom stereocenters. The summed E-state index contributed by atoms with van der Waals surface area (Å²) in [5.74, 6) is 1.31. The van der Waals surface area contributed by atoms with Crippen molar-refractivity contribution in [1.82, 2.24) is 5.32 Å². The van der Waals surface area contributed by atoms with Crippen LogP contribution in [0.25, 0.3) is 0 Å². The van der Waals surface area contributed by atoms with E-state index >= 15 is 0 Å².